The Kier molecular flexibility index (Phi) is 5.94. The maximum absolute atomic E-state index is 12.6. The van der Waals surface area contributed by atoms with E-state index in [2.05, 4.69) is 10.3 Å². The van der Waals surface area contributed by atoms with Gasteiger partial charge in [-0.05, 0) is 43.9 Å². The van der Waals surface area contributed by atoms with Gasteiger partial charge in [-0.25, -0.2) is 4.98 Å². The van der Waals surface area contributed by atoms with Crippen molar-refractivity contribution in [1.82, 2.24) is 10.3 Å². The van der Waals surface area contributed by atoms with E-state index in [4.69, 9.17) is 14.2 Å². The highest BCUT2D eigenvalue weighted by Crippen LogP contribution is 2.26. The number of nitrogens with one attached hydrogen (secondary N) is 1. The van der Waals surface area contributed by atoms with Crippen LogP contribution in [-0.4, -0.2) is 37.3 Å². The molecule has 0 saturated heterocycles. The number of methoxy groups -OCH3 is 2. The lowest BCUT2D eigenvalue weighted by Gasteiger charge is -2.29. The van der Waals surface area contributed by atoms with Crippen LogP contribution in [0.1, 0.15) is 36.0 Å². The predicted octanol–water partition coefficient (Wildman–Crippen LogP) is 3.22. The number of amides is 1. The first-order valence-corrected chi connectivity index (χ1v) is 8.80. The molecule has 2 aromatic rings. The quantitative estimate of drug-likeness (QED) is 0.861. The predicted molar refractivity (Wildman–Crippen MR) is 97.9 cm³/mol. The Morgan fingerprint density at radius 2 is 1.88 bits per heavy atom. The first-order chi connectivity index (χ1) is 12.7. The molecule has 1 fully saturated rings. The first kappa shape index (κ1) is 18.0. The summed E-state index contributed by atoms with van der Waals surface area (Å²) >= 11 is 0. The molecule has 138 valence electrons. The second-order valence-corrected chi connectivity index (χ2v) is 6.30. The van der Waals surface area contributed by atoms with Crippen molar-refractivity contribution >= 4 is 5.91 Å². The molecule has 6 nitrogen and oxygen atoms in total. The standard InChI is InChI=1S/C20H24N2O4/c1-24-16-10-11-17(18(13-16)25-2)20(23)22-14-6-8-15(9-7-14)26-19-5-3-4-12-21-19/h3-5,10-15H,6-9H2,1-2H3,(H,22,23). The van der Waals surface area contributed by atoms with E-state index in [1.165, 1.54) is 0 Å². The van der Waals surface area contributed by atoms with Crippen molar-refractivity contribution in [2.45, 2.75) is 37.8 Å². The van der Waals surface area contributed by atoms with Crippen LogP contribution in [0, 0.1) is 0 Å². The first-order valence-electron chi connectivity index (χ1n) is 8.80. The molecule has 1 heterocycles. The van der Waals surface area contributed by atoms with Gasteiger partial charge in [-0.2, -0.15) is 0 Å². The second kappa shape index (κ2) is 8.56. The summed E-state index contributed by atoms with van der Waals surface area (Å²) in [5.74, 6) is 1.70. The number of aromatic nitrogens is 1. The van der Waals surface area contributed by atoms with Gasteiger partial charge < -0.3 is 19.5 Å². The zero-order chi connectivity index (χ0) is 18.4. The van der Waals surface area contributed by atoms with Crippen LogP contribution in [0.3, 0.4) is 0 Å². The van der Waals surface area contributed by atoms with Crippen LogP contribution in [0.2, 0.25) is 0 Å². The monoisotopic (exact) mass is 356 g/mol. The van der Waals surface area contributed by atoms with Crippen LogP contribution in [0.25, 0.3) is 0 Å². The Morgan fingerprint density at radius 1 is 1.08 bits per heavy atom. The topological polar surface area (TPSA) is 69.7 Å². The number of pyridine rings is 1. The lowest BCUT2D eigenvalue weighted by molar-refractivity contribution is 0.0887. The summed E-state index contributed by atoms with van der Waals surface area (Å²) in [7, 11) is 3.13. The van der Waals surface area contributed by atoms with Gasteiger partial charge in [0, 0.05) is 24.4 Å². The third-order valence-corrected chi connectivity index (χ3v) is 4.59. The smallest absolute Gasteiger partial charge is 0.255 e. The van der Waals surface area contributed by atoms with Crippen LogP contribution in [0.4, 0.5) is 0 Å². The minimum Gasteiger partial charge on any atom is -0.497 e. The Labute approximate surface area is 153 Å². The zero-order valence-corrected chi connectivity index (χ0v) is 15.1. The molecule has 6 heteroatoms. The molecule has 1 aromatic heterocycles. The van der Waals surface area contributed by atoms with E-state index in [0.29, 0.717) is 22.9 Å². The Balaban J connectivity index is 1.53. The number of hydrogen-bond acceptors (Lipinski definition) is 5. The molecule has 0 atom stereocenters. The molecule has 0 bridgehead atoms. The fourth-order valence-electron chi connectivity index (χ4n) is 3.16. The van der Waals surface area contributed by atoms with Crippen LogP contribution in [0.5, 0.6) is 17.4 Å². The van der Waals surface area contributed by atoms with Crippen molar-refractivity contribution in [3.05, 3.63) is 48.2 Å². The molecular weight excluding hydrogens is 332 g/mol. The Morgan fingerprint density at radius 3 is 2.54 bits per heavy atom. The number of nitrogens with zero attached hydrogens (tertiary/aromatic N) is 1. The molecule has 3 rings (SSSR count). The van der Waals surface area contributed by atoms with E-state index >= 15 is 0 Å². The Hall–Kier alpha value is -2.76. The number of carbonyl (C=O) groups is 1. The van der Waals surface area contributed by atoms with E-state index in [-0.39, 0.29) is 18.1 Å². The molecule has 0 unspecified atom stereocenters. The van der Waals surface area contributed by atoms with Gasteiger partial charge in [0.2, 0.25) is 5.88 Å². The van der Waals surface area contributed by atoms with E-state index in [0.717, 1.165) is 25.7 Å². The molecule has 0 aliphatic heterocycles. The van der Waals surface area contributed by atoms with Gasteiger partial charge in [0.05, 0.1) is 19.8 Å². The largest absolute Gasteiger partial charge is 0.497 e. The van der Waals surface area contributed by atoms with E-state index in [1.807, 2.05) is 18.2 Å². The summed E-state index contributed by atoms with van der Waals surface area (Å²) in [5, 5.41) is 3.10. The van der Waals surface area contributed by atoms with Gasteiger partial charge >= 0.3 is 0 Å². The van der Waals surface area contributed by atoms with Gasteiger partial charge in [-0.15, -0.1) is 0 Å². The van der Waals surface area contributed by atoms with E-state index in [9.17, 15) is 4.79 Å². The summed E-state index contributed by atoms with van der Waals surface area (Å²) in [5.41, 5.74) is 0.514. The SMILES string of the molecule is COc1ccc(C(=O)NC2CCC(Oc3ccccn3)CC2)c(OC)c1. The number of rotatable bonds is 6. The van der Waals surface area contributed by atoms with Crippen molar-refractivity contribution in [3.63, 3.8) is 0 Å². The zero-order valence-electron chi connectivity index (χ0n) is 15.1. The maximum atomic E-state index is 12.6. The molecular formula is C20H24N2O4. The number of carbonyl (C=O) groups excluding carboxylic acids is 1. The third-order valence-electron chi connectivity index (χ3n) is 4.59. The van der Waals surface area contributed by atoms with Crippen LogP contribution in [-0.2, 0) is 0 Å². The fourth-order valence-corrected chi connectivity index (χ4v) is 3.16. The molecule has 1 aliphatic rings. The minimum atomic E-state index is -0.126. The molecule has 0 radical (unpaired) electrons. The average molecular weight is 356 g/mol. The summed E-state index contributed by atoms with van der Waals surface area (Å²) < 4.78 is 16.4. The highest BCUT2D eigenvalue weighted by molar-refractivity contribution is 5.97. The maximum Gasteiger partial charge on any atom is 0.255 e. The molecule has 1 saturated carbocycles. The van der Waals surface area contributed by atoms with Crippen LogP contribution in [0.15, 0.2) is 42.6 Å². The Bertz CT molecular complexity index is 728. The van der Waals surface area contributed by atoms with Crippen molar-refractivity contribution in [1.29, 1.82) is 0 Å². The molecule has 1 aliphatic carbocycles. The van der Waals surface area contributed by atoms with Gasteiger partial charge in [0.15, 0.2) is 0 Å². The van der Waals surface area contributed by atoms with Crippen molar-refractivity contribution in [2.24, 2.45) is 0 Å². The summed E-state index contributed by atoms with van der Waals surface area (Å²) in [6, 6.07) is 11.0. The van der Waals surface area contributed by atoms with Gasteiger partial charge in [-0.1, -0.05) is 6.07 Å². The summed E-state index contributed by atoms with van der Waals surface area (Å²) in [6.07, 6.45) is 5.41. The number of benzene rings is 1. The normalized spacial score (nSPS) is 19.5. The fraction of sp³-hybridized carbons (Fsp3) is 0.400. The number of ether oxygens (including phenoxy) is 3. The highest BCUT2D eigenvalue weighted by atomic mass is 16.5. The number of hydrogen-bond donors (Lipinski definition) is 1. The second-order valence-electron chi connectivity index (χ2n) is 6.30. The van der Waals surface area contributed by atoms with E-state index < -0.39 is 0 Å². The minimum absolute atomic E-state index is 0.126. The van der Waals surface area contributed by atoms with E-state index in [1.54, 1.807) is 38.6 Å². The lowest BCUT2D eigenvalue weighted by Crippen LogP contribution is -2.39. The summed E-state index contributed by atoms with van der Waals surface area (Å²) in [4.78, 5) is 16.8. The van der Waals surface area contributed by atoms with Gasteiger partial charge in [-0.3, -0.25) is 4.79 Å². The molecule has 0 spiro atoms. The summed E-state index contributed by atoms with van der Waals surface area (Å²) in [6.45, 7) is 0. The molecule has 26 heavy (non-hydrogen) atoms. The van der Waals surface area contributed by atoms with Gasteiger partial charge in [0.25, 0.3) is 5.91 Å². The van der Waals surface area contributed by atoms with Crippen molar-refractivity contribution in [2.75, 3.05) is 14.2 Å². The lowest BCUT2D eigenvalue weighted by atomic mass is 9.92. The van der Waals surface area contributed by atoms with Crippen LogP contribution >= 0.6 is 0 Å². The van der Waals surface area contributed by atoms with Crippen molar-refractivity contribution < 1.29 is 19.0 Å². The molecule has 1 N–H and O–H groups in total. The third kappa shape index (κ3) is 4.45. The molecule has 1 amide bonds. The van der Waals surface area contributed by atoms with Crippen molar-refractivity contribution in [3.8, 4) is 17.4 Å². The van der Waals surface area contributed by atoms with Gasteiger partial charge in [0.1, 0.15) is 17.6 Å². The highest BCUT2D eigenvalue weighted by Gasteiger charge is 2.25. The van der Waals surface area contributed by atoms with Crippen LogP contribution < -0.4 is 19.5 Å². The molecule has 1 aromatic carbocycles. The average Bonchev–Trinajstić information content (AvgIpc) is 2.69.